The van der Waals surface area contributed by atoms with E-state index in [0.717, 1.165) is 13.1 Å². The van der Waals surface area contributed by atoms with Gasteiger partial charge in [0.15, 0.2) is 0 Å². The number of anilines is 1. The van der Waals surface area contributed by atoms with Crippen LogP contribution in [0, 0.1) is 0 Å². The molecule has 1 fully saturated rings. The molecule has 1 aliphatic rings. The van der Waals surface area contributed by atoms with Crippen molar-refractivity contribution in [2.45, 2.75) is 12.8 Å². The molecule has 1 saturated heterocycles. The van der Waals surface area contributed by atoms with Crippen LogP contribution in [-0.4, -0.2) is 17.7 Å². The molecule has 0 unspecified atom stereocenters. The van der Waals surface area contributed by atoms with Gasteiger partial charge in [-0.3, -0.25) is 0 Å². The highest BCUT2D eigenvalue weighted by Crippen LogP contribution is 2.36. The quantitative estimate of drug-likeness (QED) is 0.482. The standard InChI is InChI=1S/C22H20N2/c1-3-11-19-17(9-1)18-10-2-4-12-20(18)24(19)22-14-6-5-13-21(22)23-15-7-8-16-23/h1-6,9-14H,7-8,15-16H2. The van der Waals surface area contributed by atoms with E-state index in [0.29, 0.717) is 0 Å². The third-order valence-electron chi connectivity index (χ3n) is 5.15. The Bertz CT molecular complexity index is 969. The fourth-order valence-corrected chi connectivity index (χ4v) is 4.06. The second kappa shape index (κ2) is 5.41. The minimum absolute atomic E-state index is 1.16. The Balaban J connectivity index is 1.86. The molecule has 4 aromatic rings. The third kappa shape index (κ3) is 1.96. The van der Waals surface area contributed by atoms with E-state index >= 15 is 0 Å². The van der Waals surface area contributed by atoms with E-state index in [1.165, 1.54) is 46.0 Å². The Morgan fingerprint density at radius 1 is 0.542 bits per heavy atom. The van der Waals surface area contributed by atoms with Gasteiger partial charge in [-0.1, -0.05) is 48.5 Å². The van der Waals surface area contributed by atoms with Gasteiger partial charge in [-0.15, -0.1) is 0 Å². The van der Waals surface area contributed by atoms with E-state index in [-0.39, 0.29) is 0 Å². The minimum Gasteiger partial charge on any atom is -0.370 e. The van der Waals surface area contributed by atoms with Gasteiger partial charge < -0.3 is 9.47 Å². The molecule has 0 aliphatic carbocycles. The fraction of sp³-hybridized carbons (Fsp3) is 0.182. The maximum absolute atomic E-state index is 2.53. The summed E-state index contributed by atoms with van der Waals surface area (Å²) >= 11 is 0. The average molecular weight is 312 g/mol. The highest BCUT2D eigenvalue weighted by molar-refractivity contribution is 6.09. The minimum atomic E-state index is 1.16. The predicted molar refractivity (Wildman–Crippen MR) is 102 cm³/mol. The topological polar surface area (TPSA) is 8.17 Å². The molecule has 2 nitrogen and oxygen atoms in total. The molecular weight excluding hydrogens is 292 g/mol. The average Bonchev–Trinajstić information content (AvgIpc) is 3.28. The molecule has 0 amide bonds. The number of aromatic nitrogens is 1. The lowest BCUT2D eigenvalue weighted by atomic mass is 10.2. The van der Waals surface area contributed by atoms with Crippen molar-refractivity contribution in [3.8, 4) is 5.69 Å². The molecule has 5 rings (SSSR count). The molecule has 0 atom stereocenters. The van der Waals surface area contributed by atoms with Crippen LogP contribution in [0.3, 0.4) is 0 Å². The lowest BCUT2D eigenvalue weighted by Gasteiger charge is -2.22. The number of nitrogens with zero attached hydrogens (tertiary/aromatic N) is 2. The van der Waals surface area contributed by atoms with Gasteiger partial charge in [-0.05, 0) is 37.1 Å². The normalized spacial score (nSPS) is 14.8. The summed E-state index contributed by atoms with van der Waals surface area (Å²) in [6, 6.07) is 26.3. The van der Waals surface area contributed by atoms with Crippen molar-refractivity contribution in [2.24, 2.45) is 0 Å². The Morgan fingerprint density at radius 2 is 1.04 bits per heavy atom. The van der Waals surface area contributed by atoms with Crippen molar-refractivity contribution in [3.63, 3.8) is 0 Å². The molecule has 24 heavy (non-hydrogen) atoms. The summed E-state index contributed by atoms with van der Waals surface area (Å²) in [6.45, 7) is 2.32. The van der Waals surface area contributed by atoms with Gasteiger partial charge in [0.2, 0.25) is 0 Å². The van der Waals surface area contributed by atoms with E-state index in [1.807, 2.05) is 0 Å². The zero-order valence-electron chi connectivity index (χ0n) is 13.7. The van der Waals surface area contributed by atoms with Crippen LogP contribution in [0.2, 0.25) is 0 Å². The lowest BCUT2D eigenvalue weighted by Crippen LogP contribution is -2.19. The Kier molecular flexibility index (Phi) is 3.08. The molecule has 0 bridgehead atoms. The zero-order chi connectivity index (χ0) is 15.9. The summed E-state index contributed by atoms with van der Waals surface area (Å²) in [5.74, 6) is 0. The Morgan fingerprint density at radius 3 is 1.67 bits per heavy atom. The first-order chi connectivity index (χ1) is 11.9. The molecule has 2 heteroatoms. The van der Waals surface area contributed by atoms with Gasteiger partial charge in [-0.25, -0.2) is 0 Å². The summed E-state index contributed by atoms with van der Waals surface area (Å²) in [4.78, 5) is 2.53. The summed E-state index contributed by atoms with van der Waals surface area (Å²) in [5, 5.41) is 2.65. The highest BCUT2D eigenvalue weighted by Gasteiger charge is 2.19. The molecule has 118 valence electrons. The van der Waals surface area contributed by atoms with E-state index in [4.69, 9.17) is 0 Å². The van der Waals surface area contributed by atoms with E-state index in [9.17, 15) is 0 Å². The summed E-state index contributed by atoms with van der Waals surface area (Å²) in [5.41, 5.74) is 5.20. The second-order valence-electron chi connectivity index (χ2n) is 6.55. The first-order valence-corrected chi connectivity index (χ1v) is 8.76. The van der Waals surface area contributed by atoms with Crippen LogP contribution in [0.1, 0.15) is 12.8 Å². The van der Waals surface area contributed by atoms with Crippen molar-refractivity contribution in [1.82, 2.24) is 4.57 Å². The summed E-state index contributed by atoms with van der Waals surface area (Å²) in [7, 11) is 0. The van der Waals surface area contributed by atoms with Crippen molar-refractivity contribution >= 4 is 27.5 Å². The van der Waals surface area contributed by atoms with Crippen molar-refractivity contribution in [3.05, 3.63) is 72.8 Å². The van der Waals surface area contributed by atoms with E-state index < -0.39 is 0 Å². The van der Waals surface area contributed by atoms with Crippen molar-refractivity contribution in [1.29, 1.82) is 0 Å². The van der Waals surface area contributed by atoms with Crippen LogP contribution in [0.25, 0.3) is 27.5 Å². The van der Waals surface area contributed by atoms with Crippen LogP contribution in [0.15, 0.2) is 72.8 Å². The first kappa shape index (κ1) is 13.7. The monoisotopic (exact) mass is 312 g/mol. The van der Waals surface area contributed by atoms with Gasteiger partial charge in [-0.2, -0.15) is 0 Å². The number of hydrogen-bond acceptors (Lipinski definition) is 1. The molecule has 0 saturated carbocycles. The SMILES string of the molecule is c1ccc(-n2c3ccccc3c3ccccc32)c(N2CCCC2)c1. The van der Waals surface area contributed by atoms with Crippen LogP contribution >= 0.6 is 0 Å². The van der Waals surface area contributed by atoms with Crippen molar-refractivity contribution < 1.29 is 0 Å². The Hall–Kier alpha value is -2.74. The number of rotatable bonds is 2. The predicted octanol–water partition coefficient (Wildman–Crippen LogP) is 5.38. The highest BCUT2D eigenvalue weighted by atomic mass is 15.2. The second-order valence-corrected chi connectivity index (χ2v) is 6.55. The van der Waals surface area contributed by atoms with Gasteiger partial charge in [0, 0.05) is 23.9 Å². The molecule has 3 aromatic carbocycles. The largest absolute Gasteiger partial charge is 0.370 e. The maximum Gasteiger partial charge on any atom is 0.0695 e. The molecular formula is C22H20N2. The van der Waals surface area contributed by atoms with Crippen LogP contribution in [0.4, 0.5) is 5.69 Å². The molecule has 0 radical (unpaired) electrons. The number of benzene rings is 3. The van der Waals surface area contributed by atoms with Crippen LogP contribution < -0.4 is 4.90 Å². The number of fused-ring (bicyclic) bond motifs is 3. The molecule has 0 N–H and O–H groups in total. The summed E-state index contributed by atoms with van der Waals surface area (Å²) in [6.07, 6.45) is 2.59. The number of para-hydroxylation sites is 4. The third-order valence-corrected chi connectivity index (χ3v) is 5.15. The number of hydrogen-bond donors (Lipinski definition) is 0. The molecule has 0 spiro atoms. The molecule has 2 heterocycles. The molecule has 1 aliphatic heterocycles. The van der Waals surface area contributed by atoms with Gasteiger partial charge in [0.05, 0.1) is 22.4 Å². The van der Waals surface area contributed by atoms with Gasteiger partial charge in [0.25, 0.3) is 0 Å². The Labute approximate surface area is 141 Å². The summed E-state index contributed by atoms with van der Waals surface area (Å²) < 4.78 is 2.43. The fourth-order valence-electron chi connectivity index (χ4n) is 4.06. The van der Waals surface area contributed by atoms with Gasteiger partial charge in [0.1, 0.15) is 0 Å². The maximum atomic E-state index is 2.53. The van der Waals surface area contributed by atoms with Crippen LogP contribution in [0.5, 0.6) is 0 Å². The van der Waals surface area contributed by atoms with E-state index in [2.05, 4.69) is 82.3 Å². The van der Waals surface area contributed by atoms with Gasteiger partial charge >= 0.3 is 0 Å². The molecule has 1 aromatic heterocycles. The lowest BCUT2D eigenvalue weighted by molar-refractivity contribution is 0.949. The van der Waals surface area contributed by atoms with Crippen molar-refractivity contribution in [2.75, 3.05) is 18.0 Å². The van der Waals surface area contributed by atoms with E-state index in [1.54, 1.807) is 0 Å². The van der Waals surface area contributed by atoms with Crippen LogP contribution in [-0.2, 0) is 0 Å². The smallest absolute Gasteiger partial charge is 0.0695 e. The first-order valence-electron chi connectivity index (χ1n) is 8.76. The zero-order valence-corrected chi connectivity index (χ0v) is 13.7.